The number of aromatic nitrogens is 1. The van der Waals surface area contributed by atoms with Gasteiger partial charge in [0.05, 0.1) is 11.5 Å². The molecule has 0 aliphatic carbocycles. The topological polar surface area (TPSA) is 83.4 Å². The number of hydrogen-bond donors (Lipinski definition) is 2. The van der Waals surface area contributed by atoms with Gasteiger partial charge in [0.2, 0.25) is 11.8 Å². The third-order valence-corrected chi connectivity index (χ3v) is 5.00. The van der Waals surface area contributed by atoms with Crippen LogP contribution in [-0.2, 0) is 16.6 Å². The van der Waals surface area contributed by atoms with Crippen molar-refractivity contribution in [3.05, 3.63) is 66.4 Å². The summed E-state index contributed by atoms with van der Waals surface area (Å²) in [5, 5.41) is 0.808. The Hall–Kier alpha value is -3.61. The van der Waals surface area contributed by atoms with E-state index in [0.29, 0.717) is 12.1 Å². The lowest BCUT2D eigenvalue weighted by Gasteiger charge is -2.16. The number of nitrogens with one attached hydrogen (secondary N) is 2. The molecular formula is C21H20N4O3. The molecule has 0 saturated carbocycles. The fourth-order valence-electron chi connectivity index (χ4n) is 3.55. The molecule has 1 aromatic heterocycles. The second-order valence-electron chi connectivity index (χ2n) is 6.86. The Morgan fingerprint density at radius 1 is 1.00 bits per heavy atom. The zero-order chi connectivity index (χ0) is 19.7. The second-order valence-corrected chi connectivity index (χ2v) is 6.86. The predicted molar refractivity (Wildman–Crippen MR) is 105 cm³/mol. The lowest BCUT2D eigenvalue weighted by atomic mass is 10.1. The molecule has 2 N–H and O–H groups in total. The van der Waals surface area contributed by atoms with Crippen LogP contribution in [0, 0.1) is 5.92 Å². The molecule has 0 bridgehead atoms. The minimum absolute atomic E-state index is 0.105. The number of hydrogen-bond acceptors (Lipinski definition) is 3. The maximum absolute atomic E-state index is 12.5. The third kappa shape index (κ3) is 3.22. The monoisotopic (exact) mass is 376 g/mol. The van der Waals surface area contributed by atoms with Crippen molar-refractivity contribution in [2.45, 2.75) is 6.42 Å². The summed E-state index contributed by atoms with van der Waals surface area (Å²) in [5.74, 6) is -1.39. The summed E-state index contributed by atoms with van der Waals surface area (Å²) >= 11 is 0. The van der Waals surface area contributed by atoms with E-state index in [4.69, 9.17) is 0 Å². The maximum Gasteiger partial charge on any atom is 0.271 e. The van der Waals surface area contributed by atoms with Gasteiger partial charge in [-0.25, -0.2) is 0 Å². The molecule has 1 atom stereocenters. The number of hydrazine groups is 1. The minimum Gasteiger partial charge on any atom is -0.350 e. The molecule has 7 nitrogen and oxygen atoms in total. The van der Waals surface area contributed by atoms with Crippen LogP contribution in [0.3, 0.4) is 0 Å². The highest BCUT2D eigenvalue weighted by Gasteiger charge is 2.35. The molecule has 7 heteroatoms. The molecule has 1 aliphatic rings. The molecule has 142 valence electrons. The van der Waals surface area contributed by atoms with Gasteiger partial charge in [-0.15, -0.1) is 0 Å². The first-order valence-corrected chi connectivity index (χ1v) is 9.04. The molecule has 28 heavy (non-hydrogen) atoms. The van der Waals surface area contributed by atoms with Gasteiger partial charge in [-0.2, -0.15) is 0 Å². The summed E-state index contributed by atoms with van der Waals surface area (Å²) in [4.78, 5) is 38.8. The lowest BCUT2D eigenvalue weighted by Crippen LogP contribution is -2.45. The van der Waals surface area contributed by atoms with E-state index in [1.54, 1.807) is 11.1 Å². The zero-order valence-electron chi connectivity index (χ0n) is 15.4. The number of para-hydroxylation sites is 2. The second kappa shape index (κ2) is 7.19. The minimum atomic E-state index is -0.513. The average molecular weight is 376 g/mol. The number of benzene rings is 2. The van der Waals surface area contributed by atoms with Crippen LogP contribution in [-0.4, -0.2) is 28.8 Å². The smallest absolute Gasteiger partial charge is 0.271 e. The molecule has 3 amide bonds. The third-order valence-electron chi connectivity index (χ3n) is 5.00. The highest BCUT2D eigenvalue weighted by molar-refractivity contribution is 6.07. The van der Waals surface area contributed by atoms with Crippen molar-refractivity contribution in [2.24, 2.45) is 13.0 Å². The van der Waals surface area contributed by atoms with Gasteiger partial charge in [0.1, 0.15) is 0 Å². The van der Waals surface area contributed by atoms with E-state index in [0.717, 1.165) is 16.6 Å². The van der Waals surface area contributed by atoms with Crippen LogP contribution in [0.4, 0.5) is 5.69 Å². The molecule has 1 unspecified atom stereocenters. The zero-order valence-corrected chi connectivity index (χ0v) is 15.4. The Bertz CT molecular complexity index is 1060. The molecule has 4 rings (SSSR count). The van der Waals surface area contributed by atoms with Crippen molar-refractivity contribution in [1.82, 2.24) is 15.4 Å². The Morgan fingerprint density at radius 3 is 2.50 bits per heavy atom. The number of carbonyl (C=O) groups is 3. The van der Waals surface area contributed by atoms with Gasteiger partial charge >= 0.3 is 0 Å². The van der Waals surface area contributed by atoms with Crippen molar-refractivity contribution in [1.29, 1.82) is 0 Å². The van der Waals surface area contributed by atoms with Gasteiger partial charge in [-0.3, -0.25) is 25.2 Å². The lowest BCUT2D eigenvalue weighted by molar-refractivity contribution is -0.126. The van der Waals surface area contributed by atoms with E-state index in [1.807, 2.05) is 66.2 Å². The van der Waals surface area contributed by atoms with Crippen LogP contribution in [0.25, 0.3) is 10.9 Å². The van der Waals surface area contributed by atoms with Gasteiger partial charge in [0, 0.05) is 42.8 Å². The molecule has 1 saturated heterocycles. The maximum atomic E-state index is 12.5. The van der Waals surface area contributed by atoms with E-state index in [9.17, 15) is 14.4 Å². The molecule has 0 spiro atoms. The molecule has 2 aromatic carbocycles. The molecule has 3 aromatic rings. The van der Waals surface area contributed by atoms with E-state index < -0.39 is 11.8 Å². The van der Waals surface area contributed by atoms with Crippen LogP contribution < -0.4 is 15.8 Å². The van der Waals surface area contributed by atoms with Crippen molar-refractivity contribution >= 4 is 34.3 Å². The predicted octanol–water partition coefficient (Wildman–Crippen LogP) is 1.99. The Labute approximate surface area is 161 Å². The SMILES string of the molecule is Cn1cc(C(=O)NNC(=O)C2CC(=O)N(c3ccccc3)C2)c2ccccc21. The fourth-order valence-corrected chi connectivity index (χ4v) is 3.55. The quantitative estimate of drug-likeness (QED) is 0.686. The number of fused-ring (bicyclic) bond motifs is 1. The van der Waals surface area contributed by atoms with Gasteiger partial charge in [-0.05, 0) is 18.2 Å². The van der Waals surface area contributed by atoms with E-state index in [-0.39, 0.29) is 18.2 Å². The highest BCUT2D eigenvalue weighted by Crippen LogP contribution is 2.25. The number of aryl methyl sites for hydroxylation is 1. The molecular weight excluding hydrogens is 356 g/mol. The van der Waals surface area contributed by atoms with Gasteiger partial charge < -0.3 is 9.47 Å². The van der Waals surface area contributed by atoms with Crippen molar-refractivity contribution in [3.63, 3.8) is 0 Å². The van der Waals surface area contributed by atoms with Gasteiger partial charge in [-0.1, -0.05) is 36.4 Å². The average Bonchev–Trinajstić information content (AvgIpc) is 3.27. The van der Waals surface area contributed by atoms with Crippen molar-refractivity contribution < 1.29 is 14.4 Å². The number of rotatable bonds is 3. The summed E-state index contributed by atoms with van der Waals surface area (Å²) in [5.41, 5.74) is 7.11. The van der Waals surface area contributed by atoms with Crippen molar-refractivity contribution in [2.75, 3.05) is 11.4 Å². The van der Waals surface area contributed by atoms with Gasteiger partial charge in [0.15, 0.2) is 0 Å². The van der Waals surface area contributed by atoms with Crippen LogP contribution in [0.2, 0.25) is 0 Å². The fraction of sp³-hybridized carbons (Fsp3) is 0.190. The number of anilines is 1. The molecule has 2 heterocycles. The first kappa shape index (κ1) is 17.8. The van der Waals surface area contributed by atoms with Gasteiger partial charge in [0.25, 0.3) is 5.91 Å². The summed E-state index contributed by atoms with van der Waals surface area (Å²) in [6, 6.07) is 16.8. The number of nitrogens with zero attached hydrogens (tertiary/aromatic N) is 2. The van der Waals surface area contributed by atoms with Crippen LogP contribution in [0.1, 0.15) is 16.8 Å². The Morgan fingerprint density at radius 2 is 1.71 bits per heavy atom. The molecule has 0 radical (unpaired) electrons. The Balaban J connectivity index is 1.40. The van der Waals surface area contributed by atoms with E-state index >= 15 is 0 Å². The van der Waals surface area contributed by atoms with E-state index in [2.05, 4.69) is 10.9 Å². The van der Waals surface area contributed by atoms with E-state index in [1.165, 1.54) is 0 Å². The van der Waals surface area contributed by atoms with Crippen molar-refractivity contribution in [3.8, 4) is 0 Å². The van der Waals surface area contributed by atoms with Crippen LogP contribution in [0.5, 0.6) is 0 Å². The van der Waals surface area contributed by atoms with Crippen LogP contribution >= 0.6 is 0 Å². The largest absolute Gasteiger partial charge is 0.350 e. The Kier molecular flexibility index (Phi) is 4.57. The first-order valence-electron chi connectivity index (χ1n) is 9.04. The summed E-state index contributed by atoms with van der Waals surface area (Å²) in [7, 11) is 1.86. The first-order chi connectivity index (χ1) is 13.5. The summed E-state index contributed by atoms with van der Waals surface area (Å²) < 4.78 is 1.86. The highest BCUT2D eigenvalue weighted by atomic mass is 16.2. The number of amides is 3. The molecule has 1 aliphatic heterocycles. The molecule has 1 fully saturated rings. The number of carbonyl (C=O) groups excluding carboxylic acids is 3. The summed E-state index contributed by atoms with van der Waals surface area (Å²) in [6.07, 6.45) is 1.84. The van der Waals surface area contributed by atoms with Crippen LogP contribution in [0.15, 0.2) is 60.8 Å². The normalized spacial score (nSPS) is 16.4. The summed E-state index contributed by atoms with van der Waals surface area (Å²) in [6.45, 7) is 0.290. The standard InChI is InChI=1S/C21H20N4O3/c1-24-13-17(16-9-5-6-10-18(16)24)21(28)23-22-20(27)14-11-19(26)25(12-14)15-7-3-2-4-8-15/h2-10,13-14H,11-12H2,1H3,(H,22,27)(H,23,28).